The van der Waals surface area contributed by atoms with E-state index in [1.807, 2.05) is 48.5 Å². The zero-order valence-electron chi connectivity index (χ0n) is 9.64. The summed E-state index contributed by atoms with van der Waals surface area (Å²) in [7, 11) is 0. The van der Waals surface area contributed by atoms with Crippen molar-refractivity contribution in [1.82, 2.24) is 0 Å². The second-order valence-corrected chi connectivity index (χ2v) is 4.20. The van der Waals surface area contributed by atoms with Gasteiger partial charge in [-0.15, -0.1) is 0 Å². The van der Waals surface area contributed by atoms with Crippen molar-refractivity contribution < 1.29 is 4.39 Å². The molecular weight excluding hydrogens is 213 g/mol. The summed E-state index contributed by atoms with van der Waals surface area (Å²) in [5, 5.41) is 0. The fraction of sp³-hybridized carbons (Fsp3) is 0.200. The molecule has 2 aromatic carbocycles. The zero-order chi connectivity index (χ0) is 12.1. The molecule has 17 heavy (non-hydrogen) atoms. The third kappa shape index (κ3) is 2.71. The monoisotopic (exact) mass is 229 g/mol. The second kappa shape index (κ2) is 5.11. The first-order valence-electron chi connectivity index (χ1n) is 5.73. The highest BCUT2D eigenvalue weighted by Crippen LogP contribution is 2.29. The molecule has 0 aliphatic carbocycles. The number of alkyl halides is 1. The summed E-state index contributed by atoms with van der Waals surface area (Å²) in [4.78, 5) is 0. The highest BCUT2D eigenvalue weighted by molar-refractivity contribution is 5.27. The van der Waals surface area contributed by atoms with Crippen molar-refractivity contribution in [2.45, 2.75) is 12.1 Å². The molecule has 2 aromatic rings. The molecule has 0 saturated carbocycles. The number of benzene rings is 2. The molecule has 0 fully saturated rings. The van der Waals surface area contributed by atoms with Crippen molar-refractivity contribution in [3.8, 4) is 0 Å². The highest BCUT2D eigenvalue weighted by Gasteiger charge is 2.30. The minimum absolute atomic E-state index is 0.00803. The SMILES string of the molecule is NCC(F)(Cc1ccccc1)c1ccccc1. The molecule has 2 rings (SSSR count). The third-order valence-electron chi connectivity index (χ3n) is 2.94. The van der Waals surface area contributed by atoms with Crippen LogP contribution in [0.4, 0.5) is 4.39 Å². The van der Waals surface area contributed by atoms with Crippen molar-refractivity contribution in [3.63, 3.8) is 0 Å². The maximum atomic E-state index is 14.8. The van der Waals surface area contributed by atoms with Crippen LogP contribution in [0.25, 0.3) is 0 Å². The van der Waals surface area contributed by atoms with Crippen molar-refractivity contribution in [2.75, 3.05) is 6.54 Å². The van der Waals surface area contributed by atoms with Crippen LogP contribution in [0.3, 0.4) is 0 Å². The van der Waals surface area contributed by atoms with Gasteiger partial charge < -0.3 is 5.73 Å². The van der Waals surface area contributed by atoms with Crippen molar-refractivity contribution in [2.24, 2.45) is 5.73 Å². The van der Waals surface area contributed by atoms with Crippen molar-refractivity contribution in [1.29, 1.82) is 0 Å². The normalized spacial score (nSPS) is 14.2. The molecule has 1 atom stereocenters. The zero-order valence-corrected chi connectivity index (χ0v) is 9.64. The fourth-order valence-corrected chi connectivity index (χ4v) is 1.95. The molecule has 2 heteroatoms. The van der Waals surface area contributed by atoms with Crippen LogP contribution < -0.4 is 5.73 Å². The largest absolute Gasteiger partial charge is 0.327 e. The number of hydrogen-bond donors (Lipinski definition) is 1. The van der Waals surface area contributed by atoms with Crippen LogP contribution in [0.15, 0.2) is 60.7 Å². The van der Waals surface area contributed by atoms with E-state index in [0.717, 1.165) is 5.56 Å². The lowest BCUT2D eigenvalue weighted by Gasteiger charge is -2.24. The van der Waals surface area contributed by atoms with Gasteiger partial charge >= 0.3 is 0 Å². The average Bonchev–Trinajstić information content (AvgIpc) is 2.41. The molecule has 0 spiro atoms. The molecule has 1 unspecified atom stereocenters. The number of halogens is 1. The Balaban J connectivity index is 2.27. The lowest BCUT2D eigenvalue weighted by atomic mass is 9.89. The maximum absolute atomic E-state index is 14.8. The molecule has 2 N–H and O–H groups in total. The molecule has 0 bridgehead atoms. The van der Waals surface area contributed by atoms with Crippen molar-refractivity contribution >= 4 is 0 Å². The van der Waals surface area contributed by atoms with Gasteiger partial charge in [0.05, 0.1) is 0 Å². The minimum atomic E-state index is -1.48. The second-order valence-electron chi connectivity index (χ2n) is 4.20. The van der Waals surface area contributed by atoms with Crippen LogP contribution in [0.5, 0.6) is 0 Å². The van der Waals surface area contributed by atoms with Crippen LogP contribution in [-0.2, 0) is 12.1 Å². The summed E-state index contributed by atoms with van der Waals surface area (Å²) in [5.41, 5.74) is 5.74. The van der Waals surface area contributed by atoms with E-state index in [-0.39, 0.29) is 6.54 Å². The Morgan fingerprint density at radius 1 is 0.882 bits per heavy atom. The molecule has 0 amide bonds. The smallest absolute Gasteiger partial charge is 0.152 e. The van der Waals surface area contributed by atoms with E-state index in [2.05, 4.69) is 0 Å². The summed E-state index contributed by atoms with van der Waals surface area (Å²) < 4.78 is 14.8. The van der Waals surface area contributed by atoms with Gasteiger partial charge in [0.15, 0.2) is 5.67 Å². The molecule has 0 saturated heterocycles. The van der Waals surface area contributed by atoms with Gasteiger partial charge in [-0.1, -0.05) is 60.7 Å². The minimum Gasteiger partial charge on any atom is -0.327 e. The summed E-state index contributed by atoms with van der Waals surface area (Å²) in [5.74, 6) is 0. The molecule has 0 aromatic heterocycles. The van der Waals surface area contributed by atoms with Crippen LogP contribution in [-0.4, -0.2) is 6.54 Å². The van der Waals surface area contributed by atoms with Gasteiger partial charge in [0.1, 0.15) is 0 Å². The van der Waals surface area contributed by atoms with Crippen LogP contribution in [0.1, 0.15) is 11.1 Å². The van der Waals surface area contributed by atoms with Crippen LogP contribution >= 0.6 is 0 Å². The molecule has 88 valence electrons. The van der Waals surface area contributed by atoms with Gasteiger partial charge in [0.2, 0.25) is 0 Å². The third-order valence-corrected chi connectivity index (χ3v) is 2.94. The van der Waals surface area contributed by atoms with Crippen LogP contribution in [0.2, 0.25) is 0 Å². The first kappa shape index (κ1) is 11.8. The summed E-state index contributed by atoms with van der Waals surface area (Å²) >= 11 is 0. The predicted octanol–water partition coefficient (Wildman–Crippen LogP) is 3.05. The van der Waals surface area contributed by atoms with Gasteiger partial charge in [0, 0.05) is 13.0 Å². The number of rotatable bonds is 4. The van der Waals surface area contributed by atoms with Crippen LogP contribution in [0, 0.1) is 0 Å². The van der Waals surface area contributed by atoms with Crippen molar-refractivity contribution in [3.05, 3.63) is 71.8 Å². The first-order chi connectivity index (χ1) is 8.24. The average molecular weight is 229 g/mol. The van der Waals surface area contributed by atoms with E-state index in [0.29, 0.717) is 12.0 Å². The predicted molar refractivity (Wildman–Crippen MR) is 68.4 cm³/mol. The first-order valence-corrected chi connectivity index (χ1v) is 5.73. The Labute approximate surface area is 101 Å². The number of hydrogen-bond acceptors (Lipinski definition) is 1. The van der Waals surface area contributed by atoms with Gasteiger partial charge in [-0.25, -0.2) is 4.39 Å². The lowest BCUT2D eigenvalue weighted by Crippen LogP contribution is -2.32. The molecule has 0 aliphatic heterocycles. The summed E-state index contributed by atoms with van der Waals surface area (Å²) in [6, 6.07) is 18.7. The Morgan fingerprint density at radius 2 is 1.41 bits per heavy atom. The summed E-state index contributed by atoms with van der Waals surface area (Å²) in [6.07, 6.45) is 0.314. The molecular formula is C15H16FN. The van der Waals surface area contributed by atoms with E-state index in [4.69, 9.17) is 5.73 Å². The Bertz CT molecular complexity index is 455. The maximum Gasteiger partial charge on any atom is 0.152 e. The van der Waals surface area contributed by atoms with Gasteiger partial charge in [0.25, 0.3) is 0 Å². The Morgan fingerprint density at radius 3 is 1.94 bits per heavy atom. The number of nitrogens with two attached hydrogens (primary N) is 1. The highest BCUT2D eigenvalue weighted by atomic mass is 19.1. The van der Waals surface area contributed by atoms with E-state index in [9.17, 15) is 4.39 Å². The Hall–Kier alpha value is -1.67. The fourth-order valence-electron chi connectivity index (χ4n) is 1.95. The van der Waals surface area contributed by atoms with E-state index in [1.165, 1.54) is 0 Å². The summed E-state index contributed by atoms with van der Waals surface area (Å²) in [6.45, 7) is -0.00803. The van der Waals surface area contributed by atoms with Gasteiger partial charge in [-0.3, -0.25) is 0 Å². The standard InChI is InChI=1S/C15H16FN/c16-15(12-17,14-9-5-2-6-10-14)11-13-7-3-1-4-8-13/h1-10H,11-12,17H2. The quantitative estimate of drug-likeness (QED) is 0.856. The van der Waals surface area contributed by atoms with E-state index < -0.39 is 5.67 Å². The molecule has 0 radical (unpaired) electrons. The molecule has 1 nitrogen and oxygen atoms in total. The topological polar surface area (TPSA) is 26.0 Å². The molecule has 0 heterocycles. The molecule has 0 aliphatic rings. The van der Waals surface area contributed by atoms with E-state index in [1.54, 1.807) is 12.1 Å². The van der Waals surface area contributed by atoms with Gasteiger partial charge in [-0.2, -0.15) is 0 Å². The Kier molecular flexibility index (Phi) is 3.55. The van der Waals surface area contributed by atoms with E-state index >= 15 is 0 Å². The lowest BCUT2D eigenvalue weighted by molar-refractivity contribution is 0.175. The van der Waals surface area contributed by atoms with Gasteiger partial charge in [-0.05, 0) is 11.1 Å².